The number of nitrogens with one attached hydrogen (secondary N) is 2. The first-order valence-corrected chi connectivity index (χ1v) is 6.80. The van der Waals surface area contributed by atoms with Crippen molar-refractivity contribution in [3.63, 3.8) is 0 Å². The third-order valence-electron chi connectivity index (χ3n) is 3.29. The summed E-state index contributed by atoms with van der Waals surface area (Å²) in [6.45, 7) is 6.85. The first kappa shape index (κ1) is 15.5. The lowest BCUT2D eigenvalue weighted by molar-refractivity contribution is -0.120. The van der Waals surface area contributed by atoms with Gasteiger partial charge in [0.1, 0.15) is 0 Å². The van der Waals surface area contributed by atoms with Crippen molar-refractivity contribution in [2.24, 2.45) is 0 Å². The Morgan fingerprint density at radius 1 is 1.37 bits per heavy atom. The molecule has 0 heterocycles. The van der Waals surface area contributed by atoms with Crippen molar-refractivity contribution in [3.05, 3.63) is 29.3 Å². The van der Waals surface area contributed by atoms with Crippen molar-refractivity contribution in [2.75, 3.05) is 32.1 Å². The Bertz CT molecular complexity index is 418. The summed E-state index contributed by atoms with van der Waals surface area (Å²) >= 11 is 0. The highest BCUT2D eigenvalue weighted by molar-refractivity contribution is 5.76. The number of anilines is 1. The zero-order chi connectivity index (χ0) is 14.3. The monoisotopic (exact) mass is 263 g/mol. The molecule has 0 atom stereocenters. The number of carbonyl (C=O) groups is 1. The molecule has 0 saturated carbocycles. The molecule has 0 fully saturated rings. The summed E-state index contributed by atoms with van der Waals surface area (Å²) < 4.78 is 0. The Balaban J connectivity index is 2.63. The fourth-order valence-electron chi connectivity index (χ4n) is 1.90. The van der Waals surface area contributed by atoms with Gasteiger partial charge in [-0.1, -0.05) is 13.0 Å². The maximum atomic E-state index is 11.2. The Morgan fingerprint density at radius 3 is 2.68 bits per heavy atom. The van der Waals surface area contributed by atoms with E-state index in [2.05, 4.69) is 47.6 Å². The van der Waals surface area contributed by atoms with Crippen molar-refractivity contribution >= 4 is 11.6 Å². The average Bonchev–Trinajstić information content (AvgIpc) is 2.42. The predicted molar refractivity (Wildman–Crippen MR) is 80.5 cm³/mol. The zero-order valence-corrected chi connectivity index (χ0v) is 12.4. The zero-order valence-electron chi connectivity index (χ0n) is 12.4. The number of carbonyl (C=O) groups excluding carboxylic acids is 1. The van der Waals surface area contributed by atoms with E-state index >= 15 is 0 Å². The summed E-state index contributed by atoms with van der Waals surface area (Å²) in [5.74, 6) is 0.0762. The number of nitrogens with zero attached hydrogens (tertiary/aromatic N) is 1. The molecule has 4 nitrogen and oxygen atoms in total. The highest BCUT2D eigenvalue weighted by Gasteiger charge is 2.06. The Labute approximate surface area is 116 Å². The molecule has 0 unspecified atom stereocenters. The molecule has 0 radical (unpaired) electrons. The van der Waals surface area contributed by atoms with Gasteiger partial charge in [0, 0.05) is 39.3 Å². The van der Waals surface area contributed by atoms with Crippen molar-refractivity contribution in [2.45, 2.75) is 26.8 Å². The molecule has 1 aromatic rings. The van der Waals surface area contributed by atoms with Crippen LogP contribution in [0.3, 0.4) is 0 Å². The quantitative estimate of drug-likeness (QED) is 0.786. The van der Waals surface area contributed by atoms with E-state index in [1.807, 2.05) is 7.05 Å². The van der Waals surface area contributed by atoms with Gasteiger partial charge in [-0.2, -0.15) is 0 Å². The van der Waals surface area contributed by atoms with Gasteiger partial charge < -0.3 is 15.5 Å². The van der Waals surface area contributed by atoms with Gasteiger partial charge in [-0.05, 0) is 36.7 Å². The van der Waals surface area contributed by atoms with E-state index in [0.717, 1.165) is 25.3 Å². The van der Waals surface area contributed by atoms with Gasteiger partial charge in [0.25, 0.3) is 0 Å². The minimum absolute atomic E-state index is 0.0762. The van der Waals surface area contributed by atoms with Crippen LogP contribution >= 0.6 is 0 Å². The molecular weight excluding hydrogens is 238 g/mol. The van der Waals surface area contributed by atoms with Gasteiger partial charge in [-0.25, -0.2) is 0 Å². The van der Waals surface area contributed by atoms with Crippen LogP contribution in [0.2, 0.25) is 0 Å². The summed E-state index contributed by atoms with van der Waals surface area (Å²) in [5, 5.41) is 5.98. The van der Waals surface area contributed by atoms with Crippen LogP contribution in [-0.2, 0) is 11.3 Å². The van der Waals surface area contributed by atoms with Gasteiger partial charge in [-0.15, -0.1) is 0 Å². The number of rotatable bonds is 7. The van der Waals surface area contributed by atoms with E-state index in [4.69, 9.17) is 0 Å². The highest BCUT2D eigenvalue weighted by Crippen LogP contribution is 2.18. The largest absolute Gasteiger partial charge is 0.374 e. The van der Waals surface area contributed by atoms with E-state index < -0.39 is 0 Å². The second-order valence-corrected chi connectivity index (χ2v) is 4.74. The van der Waals surface area contributed by atoms with E-state index in [1.165, 1.54) is 11.1 Å². The lowest BCUT2D eigenvalue weighted by Crippen LogP contribution is -2.26. The molecule has 19 heavy (non-hydrogen) atoms. The fourth-order valence-corrected chi connectivity index (χ4v) is 1.90. The van der Waals surface area contributed by atoms with Gasteiger partial charge in [-0.3, -0.25) is 4.79 Å². The van der Waals surface area contributed by atoms with Crippen LogP contribution in [0.15, 0.2) is 18.2 Å². The van der Waals surface area contributed by atoms with Crippen LogP contribution < -0.4 is 15.5 Å². The van der Waals surface area contributed by atoms with E-state index in [1.54, 1.807) is 7.05 Å². The average molecular weight is 263 g/mol. The van der Waals surface area contributed by atoms with E-state index in [0.29, 0.717) is 6.42 Å². The van der Waals surface area contributed by atoms with Gasteiger partial charge >= 0.3 is 0 Å². The van der Waals surface area contributed by atoms with Gasteiger partial charge in [0.05, 0.1) is 0 Å². The first-order valence-electron chi connectivity index (χ1n) is 6.80. The normalized spacial score (nSPS) is 10.3. The predicted octanol–water partition coefficient (Wildman–Crippen LogP) is 1.68. The molecule has 1 rings (SSSR count). The number of amides is 1. The minimum atomic E-state index is 0.0762. The number of aryl methyl sites for hydroxylation is 1. The molecule has 0 aromatic heterocycles. The summed E-state index contributed by atoms with van der Waals surface area (Å²) in [4.78, 5) is 13.4. The molecule has 0 aliphatic heterocycles. The lowest BCUT2D eigenvalue weighted by Gasteiger charge is -2.20. The molecule has 0 spiro atoms. The van der Waals surface area contributed by atoms with Crippen LogP contribution in [0.1, 0.15) is 24.5 Å². The van der Waals surface area contributed by atoms with Crippen molar-refractivity contribution in [3.8, 4) is 0 Å². The molecule has 106 valence electrons. The molecule has 1 aromatic carbocycles. The third kappa shape index (κ3) is 4.91. The molecule has 0 aliphatic carbocycles. The van der Waals surface area contributed by atoms with Crippen LogP contribution in [0.5, 0.6) is 0 Å². The molecular formula is C15H25N3O. The maximum absolute atomic E-state index is 11.2. The van der Waals surface area contributed by atoms with Crippen LogP contribution in [0, 0.1) is 6.92 Å². The summed E-state index contributed by atoms with van der Waals surface area (Å²) in [6.07, 6.45) is 0.519. The van der Waals surface area contributed by atoms with Crippen LogP contribution in [-0.4, -0.2) is 33.1 Å². The SMILES string of the molecule is CCNCc1ccc(N(C)CCC(=O)NC)cc1C. The number of benzene rings is 1. The number of hydrogen-bond donors (Lipinski definition) is 2. The van der Waals surface area contributed by atoms with Crippen LogP contribution in [0.4, 0.5) is 5.69 Å². The van der Waals surface area contributed by atoms with Gasteiger partial charge in [0.15, 0.2) is 0 Å². The third-order valence-corrected chi connectivity index (χ3v) is 3.29. The Kier molecular flexibility index (Phi) is 6.36. The Hall–Kier alpha value is -1.55. The molecule has 0 saturated heterocycles. The van der Waals surface area contributed by atoms with Crippen LogP contribution in [0.25, 0.3) is 0 Å². The van der Waals surface area contributed by atoms with E-state index in [-0.39, 0.29) is 5.91 Å². The smallest absolute Gasteiger partial charge is 0.221 e. The van der Waals surface area contributed by atoms with Crippen molar-refractivity contribution in [1.82, 2.24) is 10.6 Å². The van der Waals surface area contributed by atoms with Crippen molar-refractivity contribution in [1.29, 1.82) is 0 Å². The van der Waals surface area contributed by atoms with Gasteiger partial charge in [0.2, 0.25) is 5.91 Å². The maximum Gasteiger partial charge on any atom is 0.221 e. The first-order chi connectivity index (χ1) is 9.08. The summed E-state index contributed by atoms with van der Waals surface area (Å²) in [6, 6.07) is 6.45. The highest BCUT2D eigenvalue weighted by atomic mass is 16.1. The van der Waals surface area contributed by atoms with E-state index in [9.17, 15) is 4.79 Å². The second-order valence-electron chi connectivity index (χ2n) is 4.74. The minimum Gasteiger partial charge on any atom is -0.374 e. The second kappa shape index (κ2) is 7.79. The molecule has 4 heteroatoms. The molecule has 1 amide bonds. The fraction of sp³-hybridized carbons (Fsp3) is 0.533. The molecule has 2 N–H and O–H groups in total. The number of hydrogen-bond acceptors (Lipinski definition) is 3. The standard InChI is InChI=1S/C15H25N3O/c1-5-17-11-13-6-7-14(10-12(13)2)18(4)9-8-15(19)16-3/h6-7,10,17H,5,8-9,11H2,1-4H3,(H,16,19). The molecule has 0 bridgehead atoms. The Morgan fingerprint density at radius 2 is 2.11 bits per heavy atom. The molecule has 0 aliphatic rings. The summed E-state index contributed by atoms with van der Waals surface area (Å²) in [7, 11) is 3.68. The topological polar surface area (TPSA) is 44.4 Å². The lowest BCUT2D eigenvalue weighted by atomic mass is 10.1. The summed E-state index contributed by atoms with van der Waals surface area (Å²) in [5.41, 5.74) is 3.76. The van der Waals surface area contributed by atoms with Crippen molar-refractivity contribution < 1.29 is 4.79 Å².